The average molecular weight is 434 g/mol. The van der Waals surface area contributed by atoms with Crippen LogP contribution in [0.1, 0.15) is 41.9 Å². The topological polar surface area (TPSA) is 82.3 Å². The summed E-state index contributed by atoms with van der Waals surface area (Å²) in [5.41, 5.74) is 4.33. The minimum Gasteiger partial charge on any atom is -0.359 e. The minimum absolute atomic E-state index is 0.0526. The summed E-state index contributed by atoms with van der Waals surface area (Å²) in [6.07, 6.45) is 1.66. The normalized spacial score (nSPS) is 15.1. The van der Waals surface area contributed by atoms with Gasteiger partial charge >= 0.3 is 0 Å². The third-order valence-electron chi connectivity index (χ3n) is 5.66. The van der Waals surface area contributed by atoms with E-state index in [2.05, 4.69) is 15.2 Å². The molecule has 2 aromatic rings. The minimum atomic E-state index is -3.29. The highest BCUT2D eigenvalue weighted by molar-refractivity contribution is 7.90. The number of hydrogen-bond acceptors (Lipinski definition) is 4. The summed E-state index contributed by atoms with van der Waals surface area (Å²) >= 11 is 0. The molecular formula is C22H28FN3O3S. The Kier molecular flexibility index (Phi) is 6.47. The van der Waals surface area contributed by atoms with Crippen molar-refractivity contribution in [3.63, 3.8) is 0 Å². The van der Waals surface area contributed by atoms with Crippen molar-refractivity contribution >= 4 is 33.1 Å². The Balaban J connectivity index is 1.88. The van der Waals surface area contributed by atoms with Crippen molar-refractivity contribution in [1.82, 2.24) is 9.88 Å². The van der Waals surface area contributed by atoms with Gasteiger partial charge in [-0.25, -0.2) is 12.8 Å². The van der Waals surface area contributed by atoms with Gasteiger partial charge in [0.25, 0.3) is 5.91 Å². The van der Waals surface area contributed by atoms with E-state index in [4.69, 9.17) is 0 Å². The van der Waals surface area contributed by atoms with E-state index in [1.54, 1.807) is 6.08 Å². The summed E-state index contributed by atoms with van der Waals surface area (Å²) in [5.74, 6) is -0.682. The van der Waals surface area contributed by atoms with Gasteiger partial charge in [0.2, 0.25) is 0 Å². The quantitative estimate of drug-likeness (QED) is 0.624. The first kappa shape index (κ1) is 22.2. The summed E-state index contributed by atoms with van der Waals surface area (Å²) in [6, 6.07) is 4.15. The standard InChI is InChI=1S/C22H28FN3O3S/c1-5-26(6-2)9-10-30(28,29)13-19-14(3)21(24-15(19)4)12-18-17-11-16(23)7-8-20(17)25-22(18)27/h7-8,11-12,24H,5-6,9-10,13H2,1-4H3,(H,25,27)/b18-12-. The van der Waals surface area contributed by atoms with Crippen molar-refractivity contribution in [1.29, 1.82) is 0 Å². The predicted octanol–water partition coefficient (Wildman–Crippen LogP) is 3.52. The van der Waals surface area contributed by atoms with E-state index in [1.165, 1.54) is 18.2 Å². The molecule has 1 aliphatic heterocycles. The molecule has 1 aliphatic rings. The van der Waals surface area contributed by atoms with E-state index in [0.29, 0.717) is 29.1 Å². The maximum absolute atomic E-state index is 13.7. The smallest absolute Gasteiger partial charge is 0.256 e. The van der Waals surface area contributed by atoms with E-state index in [1.807, 2.05) is 27.7 Å². The van der Waals surface area contributed by atoms with Crippen LogP contribution >= 0.6 is 0 Å². The predicted molar refractivity (Wildman–Crippen MR) is 118 cm³/mol. The van der Waals surface area contributed by atoms with Gasteiger partial charge in [0, 0.05) is 29.2 Å². The number of aromatic nitrogens is 1. The Morgan fingerprint density at radius 1 is 1.17 bits per heavy atom. The monoisotopic (exact) mass is 433 g/mol. The number of rotatable bonds is 8. The number of sulfone groups is 1. The van der Waals surface area contributed by atoms with Gasteiger partial charge in [-0.1, -0.05) is 13.8 Å². The molecule has 6 nitrogen and oxygen atoms in total. The first-order valence-corrected chi connectivity index (χ1v) is 11.9. The van der Waals surface area contributed by atoms with Gasteiger partial charge in [-0.2, -0.15) is 0 Å². The number of aromatic amines is 1. The van der Waals surface area contributed by atoms with Gasteiger partial charge in [-0.15, -0.1) is 0 Å². The summed E-state index contributed by atoms with van der Waals surface area (Å²) in [6.45, 7) is 9.83. The van der Waals surface area contributed by atoms with Crippen LogP contribution < -0.4 is 5.32 Å². The van der Waals surface area contributed by atoms with Crippen LogP contribution in [0.4, 0.5) is 10.1 Å². The summed E-state index contributed by atoms with van der Waals surface area (Å²) < 4.78 is 39.0. The second-order valence-electron chi connectivity index (χ2n) is 7.59. The maximum atomic E-state index is 13.7. The van der Waals surface area contributed by atoms with Crippen LogP contribution in [0, 0.1) is 19.7 Å². The molecule has 3 rings (SSSR count). The van der Waals surface area contributed by atoms with Crippen molar-refractivity contribution in [2.24, 2.45) is 0 Å². The molecule has 8 heteroatoms. The summed E-state index contributed by atoms with van der Waals surface area (Å²) in [4.78, 5) is 17.6. The van der Waals surface area contributed by atoms with E-state index < -0.39 is 15.7 Å². The molecule has 1 aromatic carbocycles. The van der Waals surface area contributed by atoms with Crippen LogP contribution in [0.5, 0.6) is 0 Å². The molecule has 0 atom stereocenters. The van der Waals surface area contributed by atoms with Crippen molar-refractivity contribution in [3.8, 4) is 0 Å². The molecule has 162 valence electrons. The fourth-order valence-corrected chi connectivity index (χ4v) is 5.28. The number of benzene rings is 1. The lowest BCUT2D eigenvalue weighted by Gasteiger charge is -2.17. The molecule has 0 unspecified atom stereocenters. The van der Waals surface area contributed by atoms with Gasteiger partial charge in [-0.3, -0.25) is 4.79 Å². The fourth-order valence-electron chi connectivity index (χ4n) is 3.72. The maximum Gasteiger partial charge on any atom is 0.256 e. The van der Waals surface area contributed by atoms with Crippen LogP contribution in [-0.4, -0.2) is 49.6 Å². The Bertz CT molecular complexity index is 1100. The molecule has 1 aromatic heterocycles. The molecule has 2 heterocycles. The lowest BCUT2D eigenvalue weighted by molar-refractivity contribution is -0.110. The zero-order valence-electron chi connectivity index (χ0n) is 17.8. The highest BCUT2D eigenvalue weighted by Gasteiger charge is 2.26. The highest BCUT2D eigenvalue weighted by Crippen LogP contribution is 2.34. The van der Waals surface area contributed by atoms with Gasteiger partial charge in [0.15, 0.2) is 9.84 Å². The van der Waals surface area contributed by atoms with Crippen LogP contribution in [0.15, 0.2) is 18.2 Å². The van der Waals surface area contributed by atoms with E-state index in [0.717, 1.165) is 29.9 Å². The second kappa shape index (κ2) is 8.73. The second-order valence-corrected chi connectivity index (χ2v) is 9.77. The largest absolute Gasteiger partial charge is 0.359 e. The number of fused-ring (bicyclic) bond motifs is 1. The lowest BCUT2D eigenvalue weighted by atomic mass is 10.0. The molecule has 0 spiro atoms. The Morgan fingerprint density at radius 2 is 1.87 bits per heavy atom. The molecule has 2 N–H and O–H groups in total. The number of nitrogens with one attached hydrogen (secondary N) is 2. The zero-order chi connectivity index (χ0) is 22.1. The molecular weight excluding hydrogens is 405 g/mol. The van der Waals surface area contributed by atoms with Crippen LogP contribution in [-0.2, 0) is 20.4 Å². The van der Waals surface area contributed by atoms with Crippen molar-refractivity contribution in [3.05, 3.63) is 52.1 Å². The number of nitrogens with zero attached hydrogens (tertiary/aromatic N) is 1. The van der Waals surface area contributed by atoms with Gasteiger partial charge in [-0.05, 0) is 62.3 Å². The molecule has 1 amide bonds. The molecule has 0 bridgehead atoms. The van der Waals surface area contributed by atoms with Crippen molar-refractivity contribution in [2.75, 3.05) is 30.7 Å². The van der Waals surface area contributed by atoms with E-state index in [9.17, 15) is 17.6 Å². The number of H-pyrrole nitrogens is 1. The van der Waals surface area contributed by atoms with E-state index >= 15 is 0 Å². The van der Waals surface area contributed by atoms with Gasteiger partial charge in [0.05, 0.1) is 17.1 Å². The Morgan fingerprint density at radius 3 is 2.53 bits per heavy atom. The SMILES string of the molecule is CCN(CC)CCS(=O)(=O)Cc1c(C)[nH]c(/C=C2\C(=O)Nc3ccc(F)cc32)c1C. The van der Waals surface area contributed by atoms with Gasteiger partial charge < -0.3 is 15.2 Å². The first-order valence-electron chi connectivity index (χ1n) is 10.1. The Hall–Kier alpha value is -2.45. The third kappa shape index (κ3) is 4.65. The molecule has 0 fully saturated rings. The number of anilines is 1. The number of hydrogen-bond donors (Lipinski definition) is 2. The fraction of sp³-hybridized carbons (Fsp3) is 0.409. The molecule has 0 saturated carbocycles. The van der Waals surface area contributed by atoms with Crippen LogP contribution in [0.25, 0.3) is 11.6 Å². The zero-order valence-corrected chi connectivity index (χ0v) is 18.6. The Labute approximate surface area is 177 Å². The van der Waals surface area contributed by atoms with Gasteiger partial charge in [0.1, 0.15) is 5.82 Å². The first-order chi connectivity index (χ1) is 14.1. The molecule has 0 saturated heterocycles. The molecule has 0 aliphatic carbocycles. The number of amides is 1. The number of aryl methyl sites for hydroxylation is 1. The number of halogens is 1. The third-order valence-corrected chi connectivity index (χ3v) is 7.20. The van der Waals surface area contributed by atoms with Crippen LogP contribution in [0.2, 0.25) is 0 Å². The highest BCUT2D eigenvalue weighted by atomic mass is 32.2. The van der Waals surface area contributed by atoms with E-state index in [-0.39, 0.29) is 17.4 Å². The summed E-state index contributed by atoms with van der Waals surface area (Å²) in [5, 5.41) is 2.72. The summed E-state index contributed by atoms with van der Waals surface area (Å²) in [7, 11) is -3.29. The van der Waals surface area contributed by atoms with Crippen molar-refractivity contribution < 1.29 is 17.6 Å². The molecule has 0 radical (unpaired) electrons. The average Bonchev–Trinajstić information content (AvgIpc) is 3.13. The number of carbonyl (C=O) groups excluding carboxylic acids is 1. The van der Waals surface area contributed by atoms with Crippen molar-refractivity contribution in [2.45, 2.75) is 33.4 Å². The number of carbonyl (C=O) groups is 1. The van der Waals surface area contributed by atoms with Crippen LogP contribution in [0.3, 0.4) is 0 Å². The molecule has 30 heavy (non-hydrogen) atoms. The lowest BCUT2D eigenvalue weighted by Crippen LogP contribution is -2.29.